The molecule has 2 aromatic carbocycles. The predicted molar refractivity (Wildman–Crippen MR) is 129 cm³/mol. The van der Waals surface area contributed by atoms with Gasteiger partial charge < -0.3 is 10.1 Å². The third-order valence-corrected chi connectivity index (χ3v) is 7.93. The van der Waals surface area contributed by atoms with Crippen molar-refractivity contribution in [2.75, 3.05) is 26.7 Å². The lowest BCUT2D eigenvalue weighted by Crippen LogP contribution is -2.42. The van der Waals surface area contributed by atoms with Gasteiger partial charge in [-0.25, -0.2) is 17.5 Å². The second-order valence-electron chi connectivity index (χ2n) is 8.34. The highest BCUT2D eigenvalue weighted by Crippen LogP contribution is 2.36. The SMILES string of the molecule is COc1ccccc1C(=O)NCC1(c2ccccc2)CCCN(S(=O)n2ccnc2C)CC1. The van der Waals surface area contributed by atoms with Gasteiger partial charge in [0, 0.05) is 37.4 Å². The maximum absolute atomic E-state index is 13.2. The van der Waals surface area contributed by atoms with Crippen LogP contribution in [0, 0.1) is 6.92 Å². The Kier molecular flexibility index (Phi) is 7.25. The van der Waals surface area contributed by atoms with Gasteiger partial charge in [0.1, 0.15) is 11.6 Å². The first-order valence-corrected chi connectivity index (χ1v) is 12.2. The van der Waals surface area contributed by atoms with E-state index in [1.807, 2.05) is 41.6 Å². The molecule has 0 spiro atoms. The van der Waals surface area contributed by atoms with Gasteiger partial charge in [-0.2, -0.15) is 0 Å². The summed E-state index contributed by atoms with van der Waals surface area (Å²) in [6, 6.07) is 17.6. The molecule has 8 heteroatoms. The third kappa shape index (κ3) is 5.02. The van der Waals surface area contributed by atoms with Crippen LogP contribution in [0.25, 0.3) is 0 Å². The van der Waals surface area contributed by atoms with Crippen molar-refractivity contribution in [3.63, 3.8) is 0 Å². The lowest BCUT2D eigenvalue weighted by Gasteiger charge is -2.34. The van der Waals surface area contributed by atoms with Gasteiger partial charge in [-0.15, -0.1) is 0 Å². The van der Waals surface area contributed by atoms with Crippen molar-refractivity contribution in [3.05, 3.63) is 83.9 Å². The number of imidazole rings is 1. The van der Waals surface area contributed by atoms with Gasteiger partial charge in [-0.3, -0.25) is 4.79 Å². The summed E-state index contributed by atoms with van der Waals surface area (Å²) in [7, 11) is 1.57. The highest BCUT2D eigenvalue weighted by molar-refractivity contribution is 7.81. The average Bonchev–Trinajstić information content (AvgIpc) is 3.17. The van der Waals surface area contributed by atoms with Gasteiger partial charge >= 0.3 is 0 Å². The van der Waals surface area contributed by atoms with E-state index in [0.29, 0.717) is 24.4 Å². The molecule has 3 aromatic rings. The minimum atomic E-state index is -1.31. The summed E-state index contributed by atoms with van der Waals surface area (Å²) in [6.45, 7) is 3.73. The summed E-state index contributed by atoms with van der Waals surface area (Å²) in [5.74, 6) is 1.14. The van der Waals surface area contributed by atoms with Crippen molar-refractivity contribution in [2.45, 2.75) is 31.6 Å². The van der Waals surface area contributed by atoms with Gasteiger partial charge in [-0.1, -0.05) is 42.5 Å². The quantitative estimate of drug-likeness (QED) is 0.578. The smallest absolute Gasteiger partial charge is 0.255 e. The number of aromatic nitrogens is 2. The van der Waals surface area contributed by atoms with Crippen LogP contribution in [0.1, 0.15) is 41.0 Å². The molecule has 0 saturated carbocycles. The number of hydrogen-bond donors (Lipinski definition) is 1. The number of para-hydroxylation sites is 1. The Hall–Kier alpha value is -2.97. The van der Waals surface area contributed by atoms with Crippen molar-refractivity contribution < 1.29 is 13.7 Å². The van der Waals surface area contributed by atoms with E-state index in [1.54, 1.807) is 35.6 Å². The number of ether oxygens (including phenoxy) is 1. The van der Waals surface area contributed by atoms with Crippen LogP contribution >= 0.6 is 0 Å². The molecule has 2 unspecified atom stereocenters. The van der Waals surface area contributed by atoms with Crippen molar-refractivity contribution in [3.8, 4) is 5.75 Å². The van der Waals surface area contributed by atoms with E-state index in [-0.39, 0.29) is 11.3 Å². The number of carbonyl (C=O) groups is 1. The number of benzene rings is 2. The molecule has 0 aliphatic carbocycles. The second-order valence-corrected chi connectivity index (χ2v) is 9.71. The summed E-state index contributed by atoms with van der Waals surface area (Å²) in [5, 5.41) is 3.16. The fraction of sp³-hybridized carbons (Fsp3) is 0.360. The summed E-state index contributed by atoms with van der Waals surface area (Å²) in [5.41, 5.74) is 1.47. The van der Waals surface area contributed by atoms with Gasteiger partial charge in [0.05, 0.1) is 12.7 Å². The Balaban J connectivity index is 1.55. The Morgan fingerprint density at radius 3 is 2.61 bits per heavy atom. The number of methoxy groups -OCH3 is 1. The molecule has 1 aliphatic heterocycles. The topological polar surface area (TPSA) is 76.5 Å². The first-order valence-electron chi connectivity index (χ1n) is 11.2. The van der Waals surface area contributed by atoms with Crippen molar-refractivity contribution in [1.82, 2.24) is 18.6 Å². The van der Waals surface area contributed by atoms with E-state index in [4.69, 9.17) is 4.74 Å². The standard InChI is InChI=1S/C25H30N4O3S/c1-20-26-15-18-29(20)33(31)28-16-8-13-25(14-17-28,21-9-4-3-5-10-21)19-27-24(30)22-11-6-7-12-23(22)32-2/h3-7,9-12,15,18H,8,13-14,16-17,19H2,1-2H3,(H,27,30). The first-order chi connectivity index (χ1) is 16.0. The van der Waals surface area contributed by atoms with Gasteiger partial charge in [0.15, 0.2) is 0 Å². The largest absolute Gasteiger partial charge is 0.496 e. The van der Waals surface area contributed by atoms with Crippen molar-refractivity contribution >= 4 is 17.1 Å². The lowest BCUT2D eigenvalue weighted by atomic mass is 9.74. The maximum atomic E-state index is 13.2. The number of rotatable bonds is 7. The molecule has 2 atom stereocenters. The summed E-state index contributed by atoms with van der Waals surface area (Å²) >= 11 is -1.31. The fourth-order valence-electron chi connectivity index (χ4n) is 4.52. The van der Waals surface area contributed by atoms with Crippen LogP contribution < -0.4 is 10.1 Å². The number of hydrogen-bond acceptors (Lipinski definition) is 4. The first kappa shape index (κ1) is 23.2. The molecular weight excluding hydrogens is 436 g/mol. The lowest BCUT2D eigenvalue weighted by molar-refractivity contribution is 0.0937. The number of carbonyl (C=O) groups excluding carboxylic acids is 1. The van der Waals surface area contributed by atoms with Crippen molar-refractivity contribution in [1.29, 1.82) is 0 Å². The highest BCUT2D eigenvalue weighted by Gasteiger charge is 2.36. The van der Waals surface area contributed by atoms with Crippen molar-refractivity contribution in [2.24, 2.45) is 0 Å². The second kappa shape index (κ2) is 10.3. The van der Waals surface area contributed by atoms with Gasteiger partial charge in [0.25, 0.3) is 5.91 Å². The highest BCUT2D eigenvalue weighted by atomic mass is 32.2. The molecule has 2 heterocycles. The van der Waals surface area contributed by atoms with Crippen LogP contribution in [0.4, 0.5) is 0 Å². The molecule has 33 heavy (non-hydrogen) atoms. The minimum Gasteiger partial charge on any atom is -0.496 e. The Bertz CT molecular complexity index is 1120. The average molecular weight is 467 g/mol. The molecule has 1 fully saturated rings. The summed E-state index contributed by atoms with van der Waals surface area (Å²) < 4.78 is 22.3. The zero-order valence-corrected chi connectivity index (χ0v) is 19.9. The van der Waals surface area contributed by atoms with E-state index < -0.39 is 11.2 Å². The van der Waals surface area contributed by atoms with Gasteiger partial charge in [0.2, 0.25) is 11.2 Å². The molecule has 1 amide bonds. The van der Waals surface area contributed by atoms with Crippen LogP contribution in [0.15, 0.2) is 67.0 Å². The van der Waals surface area contributed by atoms with E-state index in [2.05, 4.69) is 22.4 Å². The molecule has 1 aliphatic rings. The predicted octanol–water partition coefficient (Wildman–Crippen LogP) is 3.48. The van der Waals surface area contributed by atoms with E-state index in [0.717, 1.165) is 31.6 Å². The maximum Gasteiger partial charge on any atom is 0.255 e. The van der Waals surface area contributed by atoms with E-state index in [9.17, 15) is 9.00 Å². The minimum absolute atomic E-state index is 0.151. The van der Waals surface area contributed by atoms with E-state index in [1.165, 1.54) is 5.56 Å². The third-order valence-electron chi connectivity index (χ3n) is 6.40. The molecule has 7 nitrogen and oxygen atoms in total. The molecule has 174 valence electrons. The molecular formula is C25H30N4O3S. The Morgan fingerprint density at radius 2 is 1.88 bits per heavy atom. The zero-order chi connectivity index (χ0) is 23.3. The molecule has 1 aromatic heterocycles. The fourth-order valence-corrected chi connectivity index (χ4v) is 5.73. The van der Waals surface area contributed by atoms with Crippen LogP contribution in [0.2, 0.25) is 0 Å². The Morgan fingerprint density at radius 1 is 1.12 bits per heavy atom. The summed E-state index contributed by atoms with van der Waals surface area (Å²) in [6.07, 6.45) is 5.97. The molecule has 1 N–H and O–H groups in total. The number of aryl methyl sites for hydroxylation is 1. The van der Waals surface area contributed by atoms with Gasteiger partial charge in [-0.05, 0) is 43.9 Å². The molecule has 1 saturated heterocycles. The monoisotopic (exact) mass is 466 g/mol. The number of nitrogens with one attached hydrogen (secondary N) is 1. The summed E-state index contributed by atoms with van der Waals surface area (Å²) in [4.78, 5) is 17.2. The Labute approximate surface area is 197 Å². The van der Waals surface area contributed by atoms with Crippen LogP contribution in [-0.2, 0) is 16.6 Å². The molecule has 0 radical (unpaired) electrons. The molecule has 0 bridgehead atoms. The van der Waals surface area contributed by atoms with Crippen LogP contribution in [0.5, 0.6) is 5.75 Å². The zero-order valence-electron chi connectivity index (χ0n) is 19.1. The van der Waals surface area contributed by atoms with E-state index >= 15 is 0 Å². The number of amides is 1. The van der Waals surface area contributed by atoms with Crippen LogP contribution in [-0.4, -0.2) is 50.1 Å². The number of nitrogens with zero attached hydrogens (tertiary/aromatic N) is 3. The normalized spacial score (nSPS) is 20.1. The van der Waals surface area contributed by atoms with Crippen LogP contribution in [0.3, 0.4) is 0 Å². The molecule has 4 rings (SSSR count).